The van der Waals surface area contributed by atoms with Crippen molar-refractivity contribution in [2.75, 3.05) is 6.61 Å². The lowest BCUT2D eigenvalue weighted by Gasteiger charge is -2.15. The van der Waals surface area contributed by atoms with E-state index in [2.05, 4.69) is 13.8 Å². The van der Waals surface area contributed by atoms with E-state index < -0.39 is 10.7 Å². The molecule has 0 amide bonds. The maximum absolute atomic E-state index is 13.4. The quantitative estimate of drug-likeness (QED) is 0.0843. The van der Waals surface area contributed by atoms with Crippen LogP contribution in [0.3, 0.4) is 0 Å². The van der Waals surface area contributed by atoms with Gasteiger partial charge in [0, 0.05) is 33.1 Å². The molecular formula is C31H36ClNO6S2. The zero-order valence-corrected chi connectivity index (χ0v) is 26.1. The number of nitro groups is 1. The van der Waals surface area contributed by atoms with Crippen molar-refractivity contribution in [3.63, 3.8) is 0 Å². The number of nitrogens with zero attached hydrogens (tertiary/aromatic N) is 1. The molecule has 0 radical (unpaired) electrons. The van der Waals surface area contributed by atoms with Gasteiger partial charge in [0.15, 0.2) is 5.75 Å². The third kappa shape index (κ3) is 7.48. The van der Waals surface area contributed by atoms with Gasteiger partial charge in [-0.3, -0.25) is 19.7 Å². The van der Waals surface area contributed by atoms with Crippen LogP contribution < -0.4 is 9.47 Å². The summed E-state index contributed by atoms with van der Waals surface area (Å²) in [5.41, 5.74) is 0.386. The van der Waals surface area contributed by atoms with Crippen molar-refractivity contribution in [1.82, 2.24) is 0 Å². The van der Waals surface area contributed by atoms with Crippen LogP contribution in [0.5, 0.6) is 11.5 Å². The van der Waals surface area contributed by atoms with E-state index in [1.807, 2.05) is 6.92 Å². The second kappa shape index (κ2) is 14.6. The molecule has 2 aromatic carbocycles. The minimum Gasteiger partial charge on any atom is -0.492 e. The highest BCUT2D eigenvalue weighted by Crippen LogP contribution is 2.52. The smallest absolute Gasteiger partial charge is 0.311 e. The number of allylic oxidation sites excluding steroid dienone is 2. The summed E-state index contributed by atoms with van der Waals surface area (Å²) in [5.74, 6) is -0.0264. The number of ketones is 2. The van der Waals surface area contributed by atoms with E-state index in [1.54, 1.807) is 18.2 Å². The van der Waals surface area contributed by atoms with Crippen LogP contribution in [0.2, 0.25) is 5.02 Å². The second-order valence-electron chi connectivity index (χ2n) is 10.4. The fraction of sp³-hybridized carbons (Fsp3) is 0.484. The Morgan fingerprint density at radius 1 is 0.829 bits per heavy atom. The number of ether oxygens (including phenoxy) is 2. The number of rotatable bonds is 15. The predicted octanol–water partition coefficient (Wildman–Crippen LogP) is 9.82. The minimum absolute atomic E-state index is 0.139. The maximum Gasteiger partial charge on any atom is 0.311 e. The number of hydrogen-bond donors (Lipinski definition) is 0. The Labute approximate surface area is 254 Å². The summed E-state index contributed by atoms with van der Waals surface area (Å²) in [6.45, 7) is 6.76. The number of hydrogen-bond acceptors (Lipinski definition) is 8. The molecule has 10 heteroatoms. The molecular weight excluding hydrogens is 582 g/mol. The number of carbonyl (C=O) groups excluding carboxylic acids is 2. The molecule has 0 aliphatic carbocycles. The van der Waals surface area contributed by atoms with Gasteiger partial charge in [-0.1, -0.05) is 93.9 Å². The molecule has 1 atom stereocenters. The van der Waals surface area contributed by atoms with Crippen LogP contribution in [0.1, 0.15) is 106 Å². The van der Waals surface area contributed by atoms with Gasteiger partial charge in [0.2, 0.25) is 11.6 Å². The minimum atomic E-state index is -0.527. The van der Waals surface area contributed by atoms with Gasteiger partial charge < -0.3 is 9.47 Å². The molecule has 0 bridgehead atoms. The summed E-state index contributed by atoms with van der Waals surface area (Å²) in [7, 11) is 0. The molecule has 0 fully saturated rings. The predicted molar refractivity (Wildman–Crippen MR) is 165 cm³/mol. The molecule has 0 saturated carbocycles. The molecule has 0 aromatic heterocycles. The molecule has 2 heterocycles. The topological polar surface area (TPSA) is 95.7 Å². The first-order chi connectivity index (χ1) is 19.7. The number of benzene rings is 2. The summed E-state index contributed by atoms with van der Waals surface area (Å²) in [4.78, 5) is 39.9. The molecule has 0 unspecified atom stereocenters. The number of fused-ring (bicyclic) bond motifs is 2. The summed E-state index contributed by atoms with van der Waals surface area (Å²) < 4.78 is 11.9. The zero-order valence-electron chi connectivity index (χ0n) is 23.8. The Morgan fingerprint density at radius 3 is 2.00 bits per heavy atom. The fourth-order valence-electron chi connectivity index (χ4n) is 4.83. The number of thioether (sulfide) groups is 2. The standard InChI is InChI=1S/C31H36ClNO6S2/c1-4-6-8-10-12-14-38-24-17-26-20(15-22(24)32)28(34)30(40-26)31-29(35)21-16-23(33(36)37)25(18-27(21)41-31)39-19(3)13-11-9-7-5-2/h15-19H,4-14H2,1-3H3/b31-30-/t19-/m1/s1. The third-order valence-corrected chi connectivity index (χ3v) is 9.85. The molecule has 0 saturated heterocycles. The van der Waals surface area contributed by atoms with E-state index in [-0.39, 0.29) is 33.8 Å². The number of halogens is 1. The maximum atomic E-state index is 13.4. The van der Waals surface area contributed by atoms with Gasteiger partial charge in [-0.2, -0.15) is 0 Å². The lowest BCUT2D eigenvalue weighted by Crippen LogP contribution is -2.13. The molecule has 2 aliphatic heterocycles. The molecule has 41 heavy (non-hydrogen) atoms. The van der Waals surface area contributed by atoms with Gasteiger partial charge in [-0.25, -0.2) is 0 Å². The average Bonchev–Trinajstić information content (AvgIpc) is 3.43. The van der Waals surface area contributed by atoms with E-state index in [9.17, 15) is 19.7 Å². The Kier molecular flexibility index (Phi) is 11.2. The van der Waals surface area contributed by atoms with Gasteiger partial charge in [0.05, 0.1) is 32.5 Å². The van der Waals surface area contributed by atoms with Crippen LogP contribution in [0.15, 0.2) is 43.9 Å². The van der Waals surface area contributed by atoms with Crippen LogP contribution in [-0.2, 0) is 0 Å². The first-order valence-electron chi connectivity index (χ1n) is 14.4. The number of carbonyl (C=O) groups is 2. The largest absolute Gasteiger partial charge is 0.492 e. The van der Waals surface area contributed by atoms with Crippen LogP contribution in [0.25, 0.3) is 0 Å². The molecule has 4 rings (SSSR count). The van der Waals surface area contributed by atoms with E-state index >= 15 is 0 Å². The number of unbranched alkanes of at least 4 members (excludes halogenated alkanes) is 7. The van der Waals surface area contributed by atoms with Gasteiger partial charge in [0.1, 0.15) is 5.75 Å². The van der Waals surface area contributed by atoms with Crippen molar-refractivity contribution in [2.24, 2.45) is 0 Å². The Hall–Kier alpha value is -2.49. The summed E-state index contributed by atoms with van der Waals surface area (Å²) in [6.07, 6.45) is 10.5. The van der Waals surface area contributed by atoms with Crippen molar-refractivity contribution in [2.45, 2.75) is 101 Å². The van der Waals surface area contributed by atoms with Crippen LogP contribution in [0.4, 0.5) is 5.69 Å². The molecule has 2 aromatic rings. The Bertz CT molecular complexity index is 1360. The highest BCUT2D eigenvalue weighted by molar-refractivity contribution is 8.08. The average molecular weight is 618 g/mol. The van der Waals surface area contributed by atoms with E-state index in [4.69, 9.17) is 21.1 Å². The van der Waals surface area contributed by atoms with E-state index in [0.29, 0.717) is 37.6 Å². The van der Waals surface area contributed by atoms with Gasteiger partial charge in [0.25, 0.3) is 0 Å². The molecule has 220 valence electrons. The number of nitro benzene ring substituents is 1. The van der Waals surface area contributed by atoms with Crippen LogP contribution >= 0.6 is 35.1 Å². The highest BCUT2D eigenvalue weighted by atomic mass is 35.5. The van der Waals surface area contributed by atoms with Crippen molar-refractivity contribution in [1.29, 1.82) is 0 Å². The first-order valence-corrected chi connectivity index (χ1v) is 16.4. The SMILES string of the molecule is CCCCCCCOc1cc2c(cc1Cl)C(=O)/C(=C1/Sc3cc(O[C@H](C)CCCCCC)c([N+](=O)[O-])cc3C1=O)S2. The number of Topliss-reactive ketones (excluding diaryl/α,β-unsaturated/α-hetero) is 2. The lowest BCUT2D eigenvalue weighted by molar-refractivity contribution is -0.386. The summed E-state index contributed by atoms with van der Waals surface area (Å²) in [5, 5.41) is 12.2. The molecule has 7 nitrogen and oxygen atoms in total. The summed E-state index contributed by atoms with van der Waals surface area (Å²) >= 11 is 8.81. The molecule has 2 aliphatic rings. The van der Waals surface area contributed by atoms with Crippen molar-refractivity contribution in [3.8, 4) is 11.5 Å². The highest BCUT2D eigenvalue weighted by Gasteiger charge is 2.38. The van der Waals surface area contributed by atoms with Crippen LogP contribution in [-0.4, -0.2) is 29.2 Å². The third-order valence-electron chi connectivity index (χ3n) is 7.12. The molecule has 0 spiro atoms. The van der Waals surface area contributed by atoms with Gasteiger partial charge >= 0.3 is 5.69 Å². The Balaban J connectivity index is 1.52. The second-order valence-corrected chi connectivity index (χ2v) is 12.9. The normalized spacial score (nSPS) is 16.6. The van der Waals surface area contributed by atoms with Gasteiger partial charge in [-0.05, 0) is 38.3 Å². The van der Waals surface area contributed by atoms with Crippen molar-refractivity contribution in [3.05, 3.63) is 60.3 Å². The van der Waals surface area contributed by atoms with Crippen molar-refractivity contribution < 1.29 is 24.0 Å². The zero-order chi connectivity index (χ0) is 29.5. The first kappa shape index (κ1) is 31.4. The van der Waals surface area contributed by atoms with Crippen LogP contribution in [0, 0.1) is 10.1 Å². The van der Waals surface area contributed by atoms with E-state index in [0.717, 1.165) is 56.7 Å². The van der Waals surface area contributed by atoms with E-state index in [1.165, 1.54) is 37.1 Å². The van der Waals surface area contributed by atoms with Gasteiger partial charge in [-0.15, -0.1) is 0 Å². The fourth-order valence-corrected chi connectivity index (χ4v) is 7.37. The van der Waals surface area contributed by atoms with Crippen molar-refractivity contribution >= 4 is 52.4 Å². The summed E-state index contributed by atoms with van der Waals surface area (Å²) in [6, 6.07) is 6.20. The lowest BCUT2D eigenvalue weighted by atomic mass is 10.1. The Morgan fingerprint density at radius 2 is 1.39 bits per heavy atom. The monoisotopic (exact) mass is 617 g/mol. The molecule has 0 N–H and O–H groups in total.